The zero-order valence-corrected chi connectivity index (χ0v) is 25.2. The summed E-state index contributed by atoms with van der Waals surface area (Å²) in [4.78, 5) is 4.51. The lowest BCUT2D eigenvalue weighted by atomic mass is 10.1. The molecule has 0 unspecified atom stereocenters. The largest absolute Gasteiger partial charge is 0.493 e. The Hall–Kier alpha value is 0.154. The molecule has 0 amide bonds. The van der Waals surface area contributed by atoms with Crippen LogP contribution in [-0.4, -0.2) is 97.1 Å². The number of nitrogens with zero attached hydrogens (tertiary/aromatic N) is 2. The number of hydrogen-bond acceptors (Lipinski definition) is 7. The maximum Gasteiger partial charge on any atom is 0.493 e. The van der Waals surface area contributed by atoms with E-state index in [-0.39, 0.29) is 0 Å². The van der Waals surface area contributed by atoms with Gasteiger partial charge < -0.3 is 31.6 Å². The lowest BCUT2D eigenvalue weighted by Crippen LogP contribution is -2.57. The fraction of sp³-hybridized carbons (Fsp3) is 1.00. The van der Waals surface area contributed by atoms with Gasteiger partial charge >= 0.3 is 17.6 Å². The Bertz CT molecular complexity index is 399. The van der Waals surface area contributed by atoms with Crippen molar-refractivity contribution >= 4 is 17.6 Å². The van der Waals surface area contributed by atoms with Crippen molar-refractivity contribution < 1.29 is 21.8 Å². The van der Waals surface area contributed by atoms with E-state index in [1.165, 1.54) is 77.3 Å². The van der Waals surface area contributed by atoms with Crippen LogP contribution in [0.25, 0.3) is 0 Å². The number of unbranched alkanes of at least 4 members (excludes halogenated alkanes) is 10. The summed E-state index contributed by atoms with van der Waals surface area (Å²) in [5.74, 6) is 0. The highest BCUT2D eigenvalue weighted by Crippen LogP contribution is 2.28. The standard InChI is InChI=1S/C24H56N2O5Si2/c1-25(2)21-17-13-9-11-15-19-23-32(27-5,28-6)31-33(29-7,30-8)24-20-16-12-10-14-18-22-26(3)4/h9-24H2,1-8H3. The first kappa shape index (κ1) is 33.2. The molecule has 0 atom stereocenters. The fourth-order valence-corrected chi connectivity index (χ4v) is 10.6. The van der Waals surface area contributed by atoms with Gasteiger partial charge in [-0.3, -0.25) is 0 Å². The van der Waals surface area contributed by atoms with Crippen molar-refractivity contribution in [1.29, 1.82) is 0 Å². The van der Waals surface area contributed by atoms with Gasteiger partial charge in [0.2, 0.25) is 0 Å². The monoisotopic (exact) mass is 508 g/mol. The summed E-state index contributed by atoms with van der Waals surface area (Å²) >= 11 is 0. The van der Waals surface area contributed by atoms with Gasteiger partial charge in [0.05, 0.1) is 0 Å². The van der Waals surface area contributed by atoms with Crippen LogP contribution in [-0.2, 0) is 21.8 Å². The molecule has 0 spiro atoms. The SMILES string of the molecule is CO[Si](CCCCCCCCN(C)C)(OC)O[Si](CCCCCCCCN(C)C)(OC)OC. The minimum absolute atomic E-state index is 0.811. The van der Waals surface area contributed by atoms with Crippen LogP contribution in [0.3, 0.4) is 0 Å². The molecular formula is C24H56N2O5Si2. The van der Waals surface area contributed by atoms with Crippen LogP contribution in [0.15, 0.2) is 0 Å². The molecule has 0 saturated carbocycles. The van der Waals surface area contributed by atoms with Gasteiger partial charge in [-0.25, -0.2) is 0 Å². The second-order valence-corrected chi connectivity index (χ2v) is 15.8. The van der Waals surface area contributed by atoms with Crippen molar-refractivity contribution in [3.8, 4) is 0 Å². The van der Waals surface area contributed by atoms with Crippen molar-refractivity contribution in [1.82, 2.24) is 9.80 Å². The first-order valence-electron chi connectivity index (χ1n) is 13.0. The first-order chi connectivity index (χ1) is 15.8. The number of hydrogen-bond donors (Lipinski definition) is 0. The van der Waals surface area contributed by atoms with E-state index in [1.54, 1.807) is 28.4 Å². The lowest BCUT2D eigenvalue weighted by Gasteiger charge is -2.35. The van der Waals surface area contributed by atoms with Crippen molar-refractivity contribution in [2.75, 3.05) is 69.7 Å². The summed E-state index contributed by atoms with van der Waals surface area (Å²) in [7, 11) is 9.74. The van der Waals surface area contributed by atoms with E-state index in [2.05, 4.69) is 38.0 Å². The molecule has 0 heterocycles. The molecule has 0 rings (SSSR count). The fourth-order valence-electron chi connectivity index (χ4n) is 4.03. The van der Waals surface area contributed by atoms with Gasteiger partial charge in [-0.05, 0) is 67.0 Å². The average molecular weight is 509 g/mol. The third-order valence-electron chi connectivity index (χ3n) is 6.23. The summed E-state index contributed by atoms with van der Waals surface area (Å²) in [5.41, 5.74) is 0. The Kier molecular flexibility index (Phi) is 20.5. The molecule has 9 heteroatoms. The molecule has 0 N–H and O–H groups in total. The van der Waals surface area contributed by atoms with Gasteiger partial charge in [-0.1, -0.05) is 51.4 Å². The predicted molar refractivity (Wildman–Crippen MR) is 143 cm³/mol. The topological polar surface area (TPSA) is 52.6 Å². The molecule has 33 heavy (non-hydrogen) atoms. The summed E-state index contributed by atoms with van der Waals surface area (Å²) in [6, 6.07) is 1.62. The van der Waals surface area contributed by atoms with E-state index in [4.69, 9.17) is 21.8 Å². The predicted octanol–water partition coefficient (Wildman–Crippen LogP) is 5.27. The Morgan fingerprint density at radius 3 is 0.970 bits per heavy atom. The van der Waals surface area contributed by atoms with E-state index in [9.17, 15) is 0 Å². The van der Waals surface area contributed by atoms with Crippen molar-refractivity contribution in [3.63, 3.8) is 0 Å². The normalized spacial score (nSPS) is 12.9. The molecule has 0 fully saturated rings. The quantitative estimate of drug-likeness (QED) is 0.130. The molecule has 7 nitrogen and oxygen atoms in total. The Morgan fingerprint density at radius 2 is 0.697 bits per heavy atom. The third-order valence-corrected chi connectivity index (χ3v) is 13.1. The van der Waals surface area contributed by atoms with Crippen LogP contribution in [0.1, 0.15) is 77.0 Å². The summed E-state index contributed by atoms with van der Waals surface area (Å²) in [6.45, 7) is 2.35. The smallest absolute Gasteiger partial charge is 0.377 e. The Balaban J connectivity index is 4.41. The highest BCUT2D eigenvalue weighted by atomic mass is 28.5. The van der Waals surface area contributed by atoms with Crippen molar-refractivity contribution in [3.05, 3.63) is 0 Å². The van der Waals surface area contributed by atoms with Crippen molar-refractivity contribution in [2.45, 2.75) is 89.1 Å². The van der Waals surface area contributed by atoms with E-state index in [1.807, 2.05) is 0 Å². The second-order valence-electron chi connectivity index (χ2n) is 9.63. The van der Waals surface area contributed by atoms with Gasteiger partial charge in [0.25, 0.3) is 0 Å². The molecule has 0 aromatic heterocycles. The van der Waals surface area contributed by atoms with Gasteiger partial charge in [-0.15, -0.1) is 0 Å². The molecule has 0 aromatic carbocycles. The summed E-state index contributed by atoms with van der Waals surface area (Å²) in [5, 5.41) is 0. The molecule has 0 radical (unpaired) electrons. The maximum absolute atomic E-state index is 6.54. The Morgan fingerprint density at radius 1 is 0.424 bits per heavy atom. The molecule has 0 aromatic rings. The third kappa shape index (κ3) is 16.5. The molecule has 0 aliphatic rings. The minimum atomic E-state index is -2.81. The van der Waals surface area contributed by atoms with Gasteiger partial charge in [0, 0.05) is 40.5 Å². The van der Waals surface area contributed by atoms with Crippen LogP contribution >= 0.6 is 0 Å². The zero-order chi connectivity index (χ0) is 25.0. The Labute approximate surface area is 208 Å². The minimum Gasteiger partial charge on any atom is -0.377 e. The van der Waals surface area contributed by atoms with E-state index in [0.29, 0.717) is 0 Å². The molecule has 0 aliphatic carbocycles. The molecule has 0 saturated heterocycles. The van der Waals surface area contributed by atoms with Crippen LogP contribution in [0.2, 0.25) is 12.1 Å². The van der Waals surface area contributed by atoms with Crippen LogP contribution in [0.5, 0.6) is 0 Å². The van der Waals surface area contributed by atoms with E-state index < -0.39 is 17.6 Å². The first-order valence-corrected chi connectivity index (χ1v) is 16.8. The van der Waals surface area contributed by atoms with E-state index >= 15 is 0 Å². The highest BCUT2D eigenvalue weighted by molar-refractivity contribution is 6.74. The number of rotatable bonds is 24. The van der Waals surface area contributed by atoms with Crippen LogP contribution < -0.4 is 0 Å². The summed E-state index contributed by atoms with van der Waals surface area (Å²) < 4.78 is 30.0. The van der Waals surface area contributed by atoms with E-state index in [0.717, 1.165) is 24.9 Å². The molecule has 0 aliphatic heterocycles. The molecule has 0 bridgehead atoms. The van der Waals surface area contributed by atoms with Gasteiger partial charge in [0.15, 0.2) is 0 Å². The zero-order valence-electron chi connectivity index (χ0n) is 23.2. The van der Waals surface area contributed by atoms with Crippen molar-refractivity contribution in [2.24, 2.45) is 0 Å². The average Bonchev–Trinajstić information content (AvgIpc) is 2.80. The molecular weight excluding hydrogens is 452 g/mol. The maximum atomic E-state index is 6.54. The van der Waals surface area contributed by atoms with Gasteiger partial charge in [-0.2, -0.15) is 0 Å². The lowest BCUT2D eigenvalue weighted by molar-refractivity contribution is 0.0856. The van der Waals surface area contributed by atoms with Crippen LogP contribution in [0, 0.1) is 0 Å². The highest BCUT2D eigenvalue weighted by Gasteiger charge is 2.51. The molecule has 200 valence electrons. The van der Waals surface area contributed by atoms with Crippen LogP contribution in [0.4, 0.5) is 0 Å². The second kappa shape index (κ2) is 20.4. The summed E-state index contributed by atoms with van der Waals surface area (Å²) in [6.07, 6.45) is 14.7. The van der Waals surface area contributed by atoms with Gasteiger partial charge in [0.1, 0.15) is 0 Å².